The molecular weight excluding hydrogens is 324 g/mol. The van der Waals surface area contributed by atoms with E-state index in [9.17, 15) is 4.79 Å². The first-order valence-corrected chi connectivity index (χ1v) is 9.11. The summed E-state index contributed by atoms with van der Waals surface area (Å²) >= 11 is 1.68. The Morgan fingerprint density at radius 2 is 2.04 bits per heavy atom. The minimum atomic E-state index is 0.0413. The van der Waals surface area contributed by atoms with Gasteiger partial charge in [0, 0.05) is 45.3 Å². The molecule has 0 radical (unpaired) electrons. The maximum Gasteiger partial charge on any atom is 0.257 e. The topological polar surface area (TPSA) is 67.2 Å². The third-order valence-electron chi connectivity index (χ3n) is 4.48. The smallest absolute Gasteiger partial charge is 0.257 e. The molecule has 2 aromatic heterocycles. The molecule has 1 amide bonds. The maximum absolute atomic E-state index is 12.5. The van der Waals surface area contributed by atoms with Crippen LogP contribution in [-0.4, -0.2) is 57.0 Å². The van der Waals surface area contributed by atoms with Crippen LogP contribution in [0.15, 0.2) is 12.4 Å². The number of rotatable bonds is 4. The Labute approximate surface area is 146 Å². The average molecular weight is 348 g/mol. The summed E-state index contributed by atoms with van der Waals surface area (Å²) in [6.45, 7) is 6.08. The van der Waals surface area contributed by atoms with Gasteiger partial charge >= 0.3 is 0 Å². The summed E-state index contributed by atoms with van der Waals surface area (Å²) in [5.74, 6) is 0.455. The van der Waals surface area contributed by atoms with Gasteiger partial charge in [0.05, 0.1) is 11.8 Å². The fourth-order valence-corrected chi connectivity index (χ4v) is 3.83. The summed E-state index contributed by atoms with van der Waals surface area (Å²) in [5, 5.41) is 14.7. The number of aromatic nitrogens is 4. The second-order valence-electron chi connectivity index (χ2n) is 6.61. The molecule has 0 aliphatic carbocycles. The molecule has 130 valence electrons. The molecule has 0 bridgehead atoms. The van der Waals surface area contributed by atoms with Gasteiger partial charge in [0.1, 0.15) is 5.01 Å². The molecular formula is C16H24N6OS. The summed E-state index contributed by atoms with van der Waals surface area (Å²) < 4.78 is 1.66. The van der Waals surface area contributed by atoms with Gasteiger partial charge in [-0.15, -0.1) is 10.2 Å². The third-order valence-corrected chi connectivity index (χ3v) is 5.76. The number of hydrogen-bond acceptors (Lipinski definition) is 6. The van der Waals surface area contributed by atoms with Crippen LogP contribution in [0.2, 0.25) is 0 Å². The van der Waals surface area contributed by atoms with Gasteiger partial charge in [0.25, 0.3) is 5.91 Å². The first-order valence-electron chi connectivity index (χ1n) is 8.30. The molecule has 1 aliphatic rings. The Hall–Kier alpha value is -1.96. The van der Waals surface area contributed by atoms with Crippen LogP contribution in [0.25, 0.3) is 0 Å². The Kier molecular flexibility index (Phi) is 4.84. The van der Waals surface area contributed by atoms with Crippen molar-refractivity contribution in [1.82, 2.24) is 24.9 Å². The quantitative estimate of drug-likeness (QED) is 0.847. The van der Waals surface area contributed by atoms with Crippen LogP contribution < -0.4 is 4.90 Å². The lowest BCUT2D eigenvalue weighted by molar-refractivity contribution is 0.0709. The Balaban J connectivity index is 1.58. The van der Waals surface area contributed by atoms with Gasteiger partial charge in [-0.05, 0) is 12.8 Å². The predicted octanol–water partition coefficient (Wildman–Crippen LogP) is 2.14. The Morgan fingerprint density at radius 1 is 1.33 bits per heavy atom. The second-order valence-corrected chi connectivity index (χ2v) is 7.60. The second kappa shape index (κ2) is 6.88. The van der Waals surface area contributed by atoms with Gasteiger partial charge in [-0.1, -0.05) is 25.2 Å². The van der Waals surface area contributed by atoms with Gasteiger partial charge in [-0.25, -0.2) is 0 Å². The van der Waals surface area contributed by atoms with Crippen molar-refractivity contribution in [2.24, 2.45) is 7.05 Å². The Bertz CT molecular complexity index is 701. The average Bonchev–Trinajstić information content (AvgIpc) is 3.23. The fourth-order valence-electron chi connectivity index (χ4n) is 2.93. The van der Waals surface area contributed by atoms with Gasteiger partial charge in [-0.2, -0.15) is 5.10 Å². The molecule has 1 aliphatic heterocycles. The lowest BCUT2D eigenvalue weighted by Crippen LogP contribution is -2.45. The largest absolute Gasteiger partial charge is 0.347 e. The van der Waals surface area contributed by atoms with E-state index in [-0.39, 0.29) is 11.9 Å². The van der Waals surface area contributed by atoms with E-state index in [2.05, 4.69) is 34.0 Å². The highest BCUT2D eigenvalue weighted by molar-refractivity contribution is 7.15. The SMILES string of the molecule is CC(C)c1nnc(N2CCC(N(C)C(=O)c3cnn(C)c3)CC2)s1. The molecule has 0 unspecified atom stereocenters. The van der Waals surface area contributed by atoms with Crippen molar-refractivity contribution >= 4 is 22.4 Å². The van der Waals surface area contributed by atoms with Gasteiger partial charge in [0.15, 0.2) is 0 Å². The normalized spacial score (nSPS) is 16.0. The maximum atomic E-state index is 12.5. The molecule has 2 aromatic rings. The van der Waals surface area contributed by atoms with E-state index >= 15 is 0 Å². The predicted molar refractivity (Wildman–Crippen MR) is 94.5 cm³/mol. The molecule has 8 heteroatoms. The van der Waals surface area contributed by atoms with Crippen LogP contribution in [0.4, 0.5) is 5.13 Å². The van der Waals surface area contributed by atoms with Crippen LogP contribution in [0.1, 0.15) is 48.0 Å². The first kappa shape index (κ1) is 16.9. The number of hydrogen-bond donors (Lipinski definition) is 0. The summed E-state index contributed by atoms with van der Waals surface area (Å²) in [7, 11) is 3.71. The summed E-state index contributed by atoms with van der Waals surface area (Å²) in [5.41, 5.74) is 0.646. The van der Waals surface area contributed by atoms with Crippen LogP contribution in [-0.2, 0) is 7.05 Å². The molecule has 0 spiro atoms. The molecule has 3 rings (SSSR count). The van der Waals surface area contributed by atoms with Crippen LogP contribution in [0.3, 0.4) is 0 Å². The van der Waals surface area contributed by atoms with Crippen molar-refractivity contribution in [2.45, 2.75) is 38.6 Å². The van der Waals surface area contributed by atoms with E-state index in [1.165, 1.54) is 0 Å². The highest BCUT2D eigenvalue weighted by Gasteiger charge is 2.28. The lowest BCUT2D eigenvalue weighted by atomic mass is 10.0. The van der Waals surface area contributed by atoms with Gasteiger partial charge in [0.2, 0.25) is 5.13 Å². The molecule has 0 N–H and O–H groups in total. The lowest BCUT2D eigenvalue weighted by Gasteiger charge is -2.36. The summed E-state index contributed by atoms with van der Waals surface area (Å²) in [4.78, 5) is 16.7. The molecule has 7 nitrogen and oxygen atoms in total. The number of aryl methyl sites for hydroxylation is 1. The monoisotopic (exact) mass is 348 g/mol. The van der Waals surface area contributed by atoms with E-state index in [4.69, 9.17) is 0 Å². The number of carbonyl (C=O) groups is 1. The fraction of sp³-hybridized carbons (Fsp3) is 0.625. The zero-order valence-corrected chi connectivity index (χ0v) is 15.5. The highest BCUT2D eigenvalue weighted by atomic mass is 32.1. The number of amides is 1. The number of nitrogens with zero attached hydrogens (tertiary/aromatic N) is 6. The van der Waals surface area contributed by atoms with E-state index in [0.29, 0.717) is 11.5 Å². The molecule has 0 aromatic carbocycles. The molecule has 0 saturated carbocycles. The van der Waals surface area contributed by atoms with Crippen LogP contribution in [0, 0.1) is 0 Å². The summed E-state index contributed by atoms with van der Waals surface area (Å²) in [6, 6.07) is 0.256. The highest BCUT2D eigenvalue weighted by Crippen LogP contribution is 2.28. The number of anilines is 1. The molecule has 0 atom stereocenters. The van der Waals surface area contributed by atoms with Crippen LogP contribution in [0.5, 0.6) is 0 Å². The van der Waals surface area contributed by atoms with E-state index in [1.807, 2.05) is 19.0 Å². The molecule has 1 fully saturated rings. The van der Waals surface area contributed by atoms with Crippen molar-refractivity contribution in [1.29, 1.82) is 0 Å². The van der Waals surface area contributed by atoms with Crippen LogP contribution >= 0.6 is 11.3 Å². The van der Waals surface area contributed by atoms with E-state index in [0.717, 1.165) is 36.1 Å². The third kappa shape index (κ3) is 3.43. The van der Waals surface area contributed by atoms with Gasteiger partial charge in [-0.3, -0.25) is 9.48 Å². The van der Waals surface area contributed by atoms with E-state index in [1.54, 1.807) is 28.4 Å². The number of piperidine rings is 1. The van der Waals surface area contributed by atoms with Crippen molar-refractivity contribution < 1.29 is 4.79 Å². The standard InChI is InChI=1S/C16H24N6OS/c1-11(2)14-18-19-16(24-14)22-7-5-13(6-8-22)21(4)15(23)12-9-17-20(3)10-12/h9-11,13H,5-8H2,1-4H3. The number of carbonyl (C=O) groups excluding carboxylic acids is 1. The minimum absolute atomic E-state index is 0.0413. The minimum Gasteiger partial charge on any atom is -0.347 e. The zero-order valence-electron chi connectivity index (χ0n) is 14.6. The van der Waals surface area contributed by atoms with E-state index < -0.39 is 0 Å². The zero-order chi connectivity index (χ0) is 17.3. The van der Waals surface area contributed by atoms with Crippen molar-refractivity contribution in [2.75, 3.05) is 25.0 Å². The van der Waals surface area contributed by atoms with Crippen molar-refractivity contribution in [3.05, 3.63) is 23.0 Å². The molecule has 24 heavy (non-hydrogen) atoms. The molecule has 1 saturated heterocycles. The summed E-state index contributed by atoms with van der Waals surface area (Å²) in [6.07, 6.45) is 5.28. The molecule has 3 heterocycles. The first-order chi connectivity index (χ1) is 11.5. The van der Waals surface area contributed by atoms with Crippen molar-refractivity contribution in [3.63, 3.8) is 0 Å². The van der Waals surface area contributed by atoms with Crippen molar-refractivity contribution in [3.8, 4) is 0 Å². The Morgan fingerprint density at radius 3 is 2.58 bits per heavy atom. The van der Waals surface area contributed by atoms with Gasteiger partial charge < -0.3 is 9.80 Å².